The van der Waals surface area contributed by atoms with Gasteiger partial charge in [-0.3, -0.25) is 14.5 Å². The number of fused-ring (bicyclic) bond motifs is 2. The van der Waals surface area contributed by atoms with Crippen LogP contribution in [0.25, 0.3) is 10.9 Å². The molecule has 0 radical (unpaired) electrons. The molecule has 0 fully saturated rings. The van der Waals surface area contributed by atoms with Crippen LogP contribution in [0.1, 0.15) is 24.5 Å². The van der Waals surface area contributed by atoms with Crippen molar-refractivity contribution in [3.05, 3.63) is 65.9 Å². The van der Waals surface area contributed by atoms with Crippen LogP contribution in [0.3, 0.4) is 0 Å². The Hall–Kier alpha value is -3.08. The Balaban J connectivity index is 1.44. The summed E-state index contributed by atoms with van der Waals surface area (Å²) in [5.41, 5.74) is 4.20. The van der Waals surface area contributed by atoms with E-state index in [1.807, 2.05) is 55.6 Å². The van der Waals surface area contributed by atoms with Crippen molar-refractivity contribution in [3.63, 3.8) is 0 Å². The molecule has 1 aliphatic rings. The lowest BCUT2D eigenvalue weighted by molar-refractivity contribution is -0.126. The summed E-state index contributed by atoms with van der Waals surface area (Å²) in [5.74, 6) is -0.107. The molecule has 2 heterocycles. The molecule has 5 heteroatoms. The van der Waals surface area contributed by atoms with Gasteiger partial charge in [-0.2, -0.15) is 0 Å². The van der Waals surface area contributed by atoms with Crippen LogP contribution >= 0.6 is 0 Å². The second kappa shape index (κ2) is 7.27. The number of nitrogens with one attached hydrogen (secondary N) is 2. The van der Waals surface area contributed by atoms with E-state index in [2.05, 4.69) is 16.4 Å². The Morgan fingerprint density at radius 3 is 2.78 bits per heavy atom. The number of nitrogens with zero attached hydrogens (tertiary/aromatic N) is 1. The van der Waals surface area contributed by atoms with Gasteiger partial charge in [0, 0.05) is 42.2 Å². The molecule has 2 aromatic carbocycles. The highest BCUT2D eigenvalue weighted by Gasteiger charge is 2.37. The van der Waals surface area contributed by atoms with E-state index in [0.717, 1.165) is 23.2 Å². The van der Waals surface area contributed by atoms with Crippen LogP contribution in [-0.2, 0) is 22.4 Å². The molecular weight excluding hydrogens is 338 g/mol. The van der Waals surface area contributed by atoms with Crippen molar-refractivity contribution in [1.29, 1.82) is 0 Å². The topological polar surface area (TPSA) is 65.2 Å². The number of aromatic nitrogens is 1. The van der Waals surface area contributed by atoms with Gasteiger partial charge in [-0.05, 0) is 29.7 Å². The lowest BCUT2D eigenvalue weighted by atomic mass is 10.1. The summed E-state index contributed by atoms with van der Waals surface area (Å²) >= 11 is 0. The summed E-state index contributed by atoms with van der Waals surface area (Å²) in [6.45, 7) is 2.37. The van der Waals surface area contributed by atoms with E-state index in [9.17, 15) is 9.59 Å². The number of hydrogen-bond acceptors (Lipinski definition) is 2. The fourth-order valence-corrected chi connectivity index (χ4v) is 3.85. The van der Waals surface area contributed by atoms with E-state index in [-0.39, 0.29) is 11.8 Å². The van der Waals surface area contributed by atoms with Crippen molar-refractivity contribution in [3.8, 4) is 0 Å². The molecule has 0 saturated carbocycles. The Morgan fingerprint density at radius 1 is 1.15 bits per heavy atom. The number of H-pyrrole nitrogens is 1. The number of carbonyl (C=O) groups excluding carboxylic acids is 2. The summed E-state index contributed by atoms with van der Waals surface area (Å²) in [6, 6.07) is 15.4. The summed E-state index contributed by atoms with van der Waals surface area (Å²) in [5, 5.41) is 4.21. The zero-order valence-electron chi connectivity index (χ0n) is 15.4. The number of rotatable bonds is 5. The van der Waals surface area contributed by atoms with Crippen LogP contribution in [-0.4, -0.2) is 29.4 Å². The molecule has 2 N–H and O–H groups in total. The predicted octanol–water partition coefficient (Wildman–Crippen LogP) is 3.19. The van der Waals surface area contributed by atoms with Gasteiger partial charge in [-0.1, -0.05) is 43.3 Å². The van der Waals surface area contributed by atoms with Crippen molar-refractivity contribution >= 4 is 28.4 Å². The van der Waals surface area contributed by atoms with Crippen LogP contribution in [0.5, 0.6) is 0 Å². The summed E-state index contributed by atoms with van der Waals surface area (Å²) in [4.78, 5) is 30.2. The predicted molar refractivity (Wildman–Crippen MR) is 107 cm³/mol. The zero-order valence-corrected chi connectivity index (χ0v) is 15.4. The van der Waals surface area contributed by atoms with Crippen LogP contribution in [0, 0.1) is 0 Å². The highest BCUT2D eigenvalue weighted by molar-refractivity contribution is 6.03. The second-order valence-electron chi connectivity index (χ2n) is 6.87. The first-order chi connectivity index (χ1) is 13.2. The molecule has 2 amide bonds. The number of carbonyl (C=O) groups is 2. The molecule has 0 spiro atoms. The summed E-state index contributed by atoms with van der Waals surface area (Å²) < 4.78 is 0. The Labute approximate surface area is 158 Å². The lowest BCUT2D eigenvalue weighted by Crippen LogP contribution is -2.48. The van der Waals surface area contributed by atoms with Gasteiger partial charge in [0.15, 0.2) is 0 Å². The van der Waals surface area contributed by atoms with Gasteiger partial charge >= 0.3 is 0 Å². The number of benzene rings is 2. The van der Waals surface area contributed by atoms with Gasteiger partial charge < -0.3 is 10.3 Å². The molecule has 0 bridgehead atoms. The fraction of sp³-hybridized carbons (Fsp3) is 0.273. The first-order valence-electron chi connectivity index (χ1n) is 9.41. The normalized spacial score (nSPS) is 15.7. The molecule has 0 aliphatic carbocycles. The smallest absolute Gasteiger partial charge is 0.243 e. The molecule has 0 saturated heterocycles. The van der Waals surface area contributed by atoms with Crippen LogP contribution in [0.4, 0.5) is 5.69 Å². The summed E-state index contributed by atoms with van der Waals surface area (Å²) in [6.07, 6.45) is 3.70. The first-order valence-corrected chi connectivity index (χ1v) is 9.41. The van der Waals surface area contributed by atoms with Crippen molar-refractivity contribution in [1.82, 2.24) is 10.3 Å². The first kappa shape index (κ1) is 17.3. The summed E-state index contributed by atoms with van der Waals surface area (Å²) in [7, 11) is 0. The van der Waals surface area contributed by atoms with E-state index in [1.165, 1.54) is 10.9 Å². The SMILES string of the molecule is CCC(=O)N1c2ccccc2CC1C(=O)NCCc1c[nH]c2ccccc12. The molecular formula is C22H23N3O2. The third kappa shape index (κ3) is 3.21. The molecule has 3 aromatic rings. The average Bonchev–Trinajstić information content (AvgIpc) is 3.29. The number of aromatic amines is 1. The second-order valence-corrected chi connectivity index (χ2v) is 6.87. The van der Waals surface area contributed by atoms with Crippen molar-refractivity contribution in [2.24, 2.45) is 0 Å². The number of para-hydroxylation sites is 2. The van der Waals surface area contributed by atoms with Crippen LogP contribution in [0.2, 0.25) is 0 Å². The molecule has 27 heavy (non-hydrogen) atoms. The van der Waals surface area contributed by atoms with E-state index >= 15 is 0 Å². The van der Waals surface area contributed by atoms with E-state index < -0.39 is 6.04 Å². The van der Waals surface area contributed by atoms with Crippen molar-refractivity contribution in [2.45, 2.75) is 32.2 Å². The van der Waals surface area contributed by atoms with E-state index in [1.54, 1.807) is 4.90 Å². The van der Waals surface area contributed by atoms with Gasteiger partial charge in [-0.25, -0.2) is 0 Å². The van der Waals surface area contributed by atoms with Crippen molar-refractivity contribution in [2.75, 3.05) is 11.4 Å². The Morgan fingerprint density at radius 2 is 1.93 bits per heavy atom. The third-order valence-corrected chi connectivity index (χ3v) is 5.22. The molecule has 1 aromatic heterocycles. The van der Waals surface area contributed by atoms with Gasteiger partial charge in [0.1, 0.15) is 6.04 Å². The molecule has 1 unspecified atom stereocenters. The van der Waals surface area contributed by atoms with Crippen molar-refractivity contribution < 1.29 is 9.59 Å². The van der Waals surface area contributed by atoms with Gasteiger partial charge in [0.05, 0.1) is 0 Å². The zero-order chi connectivity index (χ0) is 18.8. The van der Waals surface area contributed by atoms with Crippen LogP contribution < -0.4 is 10.2 Å². The van der Waals surface area contributed by atoms with Gasteiger partial charge in [0.25, 0.3) is 0 Å². The molecule has 5 nitrogen and oxygen atoms in total. The minimum atomic E-state index is -0.460. The molecule has 1 atom stereocenters. The maximum atomic E-state index is 12.8. The minimum Gasteiger partial charge on any atom is -0.361 e. The maximum absolute atomic E-state index is 12.8. The number of amides is 2. The molecule has 4 rings (SSSR count). The maximum Gasteiger partial charge on any atom is 0.243 e. The quantitative estimate of drug-likeness (QED) is 0.733. The third-order valence-electron chi connectivity index (χ3n) is 5.22. The van der Waals surface area contributed by atoms with E-state index in [0.29, 0.717) is 19.4 Å². The number of anilines is 1. The Bertz CT molecular complexity index is 992. The Kier molecular flexibility index (Phi) is 4.67. The standard InChI is InChI=1S/C22H23N3O2/c1-2-21(26)25-19-10-6-3-7-15(19)13-20(25)22(27)23-12-11-16-14-24-18-9-5-4-8-17(16)18/h3-10,14,20,24H,2,11-13H2,1H3,(H,23,27). The lowest BCUT2D eigenvalue weighted by Gasteiger charge is -2.24. The number of hydrogen-bond donors (Lipinski definition) is 2. The highest BCUT2D eigenvalue weighted by atomic mass is 16.2. The average molecular weight is 361 g/mol. The monoisotopic (exact) mass is 361 g/mol. The largest absolute Gasteiger partial charge is 0.361 e. The molecule has 1 aliphatic heterocycles. The van der Waals surface area contributed by atoms with E-state index in [4.69, 9.17) is 0 Å². The van der Waals surface area contributed by atoms with Crippen LogP contribution in [0.15, 0.2) is 54.7 Å². The van der Waals surface area contributed by atoms with Gasteiger partial charge in [0.2, 0.25) is 11.8 Å². The fourth-order valence-electron chi connectivity index (χ4n) is 3.85. The highest BCUT2D eigenvalue weighted by Crippen LogP contribution is 2.32. The molecule has 138 valence electrons. The van der Waals surface area contributed by atoms with Gasteiger partial charge in [-0.15, -0.1) is 0 Å². The minimum absolute atomic E-state index is 0.0169.